The third kappa shape index (κ3) is 4.04. The topological polar surface area (TPSA) is 49.4 Å². The standard InChI is InChI=1S/C17H32N2O2S/c1-2-10-22(20,21)18-11-16-13-19(12-15-6-7-15)14-17(16)8-4-3-5-9-17/h15-16,18H,2-14H2,1H3. The molecule has 1 unspecified atom stereocenters. The maximum atomic E-state index is 12.0. The van der Waals surface area contributed by atoms with Gasteiger partial charge in [-0.1, -0.05) is 26.2 Å². The highest BCUT2D eigenvalue weighted by Gasteiger charge is 2.47. The van der Waals surface area contributed by atoms with Crippen LogP contribution in [0.15, 0.2) is 0 Å². The number of rotatable bonds is 7. The smallest absolute Gasteiger partial charge is 0.211 e. The molecule has 3 fully saturated rings. The first-order chi connectivity index (χ1) is 10.5. The van der Waals surface area contributed by atoms with Gasteiger partial charge in [-0.25, -0.2) is 13.1 Å². The van der Waals surface area contributed by atoms with Gasteiger partial charge in [0.25, 0.3) is 0 Å². The van der Waals surface area contributed by atoms with Gasteiger partial charge < -0.3 is 4.90 Å². The van der Waals surface area contributed by atoms with E-state index in [1.807, 2.05) is 6.92 Å². The maximum Gasteiger partial charge on any atom is 0.211 e. The zero-order chi connectivity index (χ0) is 15.6. The number of nitrogens with zero attached hydrogens (tertiary/aromatic N) is 1. The van der Waals surface area contributed by atoms with E-state index in [0.717, 1.165) is 12.5 Å². The molecule has 3 aliphatic rings. The molecule has 0 aromatic heterocycles. The van der Waals surface area contributed by atoms with Crippen LogP contribution in [0.1, 0.15) is 58.3 Å². The van der Waals surface area contributed by atoms with Gasteiger partial charge in [0.05, 0.1) is 5.75 Å². The van der Waals surface area contributed by atoms with Crippen molar-refractivity contribution >= 4 is 10.0 Å². The second-order valence-corrected chi connectivity index (χ2v) is 9.85. The predicted molar refractivity (Wildman–Crippen MR) is 90.3 cm³/mol. The number of nitrogens with one attached hydrogen (secondary N) is 1. The van der Waals surface area contributed by atoms with Crippen molar-refractivity contribution in [1.29, 1.82) is 0 Å². The Labute approximate surface area is 136 Å². The summed E-state index contributed by atoms with van der Waals surface area (Å²) in [5.41, 5.74) is 0.391. The molecule has 1 atom stereocenters. The number of hydrogen-bond acceptors (Lipinski definition) is 3. The molecule has 2 aliphatic carbocycles. The Hall–Kier alpha value is -0.130. The lowest BCUT2D eigenvalue weighted by Gasteiger charge is -2.38. The summed E-state index contributed by atoms with van der Waals surface area (Å²) in [7, 11) is -3.07. The van der Waals surface area contributed by atoms with Gasteiger partial charge in [0.2, 0.25) is 10.0 Å². The van der Waals surface area contributed by atoms with Gasteiger partial charge in [0.1, 0.15) is 0 Å². The van der Waals surface area contributed by atoms with Crippen LogP contribution in [0.2, 0.25) is 0 Å². The fourth-order valence-electron chi connectivity index (χ4n) is 4.62. The van der Waals surface area contributed by atoms with Crippen LogP contribution in [0.25, 0.3) is 0 Å². The summed E-state index contributed by atoms with van der Waals surface area (Å²) < 4.78 is 26.9. The largest absolute Gasteiger partial charge is 0.302 e. The van der Waals surface area contributed by atoms with Gasteiger partial charge in [0.15, 0.2) is 0 Å². The van der Waals surface area contributed by atoms with E-state index in [4.69, 9.17) is 0 Å². The number of hydrogen-bond donors (Lipinski definition) is 1. The van der Waals surface area contributed by atoms with Crippen LogP contribution >= 0.6 is 0 Å². The van der Waals surface area contributed by atoms with E-state index in [1.54, 1.807) is 0 Å². The molecule has 5 heteroatoms. The van der Waals surface area contributed by atoms with Gasteiger partial charge >= 0.3 is 0 Å². The van der Waals surface area contributed by atoms with Crippen LogP contribution in [0.4, 0.5) is 0 Å². The Bertz CT molecular complexity index is 467. The van der Waals surface area contributed by atoms with Crippen molar-refractivity contribution < 1.29 is 8.42 Å². The van der Waals surface area contributed by atoms with Crippen LogP contribution in [-0.4, -0.2) is 45.2 Å². The van der Waals surface area contributed by atoms with Crippen LogP contribution < -0.4 is 4.72 Å². The molecule has 0 aromatic rings. The summed E-state index contributed by atoms with van der Waals surface area (Å²) in [4.78, 5) is 2.64. The molecule has 0 bridgehead atoms. The second-order valence-electron chi connectivity index (χ2n) is 7.92. The molecule has 0 amide bonds. The summed E-state index contributed by atoms with van der Waals surface area (Å²) in [5, 5.41) is 0. The van der Waals surface area contributed by atoms with Gasteiger partial charge in [-0.2, -0.15) is 0 Å². The molecule has 3 rings (SSSR count). The number of sulfonamides is 1. The molecule has 1 heterocycles. The first kappa shape index (κ1) is 16.7. The zero-order valence-electron chi connectivity index (χ0n) is 14.0. The van der Waals surface area contributed by atoms with E-state index in [9.17, 15) is 8.42 Å². The Morgan fingerprint density at radius 2 is 1.91 bits per heavy atom. The quantitative estimate of drug-likeness (QED) is 0.781. The molecular formula is C17H32N2O2S. The van der Waals surface area contributed by atoms with Crippen molar-refractivity contribution in [3.05, 3.63) is 0 Å². The monoisotopic (exact) mass is 328 g/mol. The van der Waals surface area contributed by atoms with Gasteiger partial charge in [-0.15, -0.1) is 0 Å². The normalized spacial score (nSPS) is 29.2. The lowest BCUT2D eigenvalue weighted by atomic mass is 9.68. The highest BCUT2D eigenvalue weighted by molar-refractivity contribution is 7.89. The highest BCUT2D eigenvalue weighted by atomic mass is 32.2. The van der Waals surface area contributed by atoms with E-state index >= 15 is 0 Å². The van der Waals surface area contributed by atoms with Gasteiger partial charge in [-0.05, 0) is 49.4 Å². The fourth-order valence-corrected chi connectivity index (χ4v) is 5.76. The average Bonchev–Trinajstić information content (AvgIpc) is 3.22. The predicted octanol–water partition coefficient (Wildman–Crippen LogP) is 2.61. The Morgan fingerprint density at radius 1 is 1.18 bits per heavy atom. The molecule has 1 spiro atoms. The summed E-state index contributed by atoms with van der Waals surface area (Å²) >= 11 is 0. The van der Waals surface area contributed by atoms with Crippen LogP contribution in [0.5, 0.6) is 0 Å². The first-order valence-electron chi connectivity index (χ1n) is 9.23. The Balaban J connectivity index is 1.63. The van der Waals surface area contributed by atoms with Crippen molar-refractivity contribution in [1.82, 2.24) is 9.62 Å². The maximum absolute atomic E-state index is 12.0. The minimum Gasteiger partial charge on any atom is -0.302 e. The molecule has 0 aromatic carbocycles. The van der Waals surface area contributed by atoms with Crippen molar-refractivity contribution in [2.75, 3.05) is 31.9 Å². The third-order valence-electron chi connectivity index (χ3n) is 5.97. The summed E-state index contributed by atoms with van der Waals surface area (Å²) in [5.74, 6) is 1.70. The molecule has 0 radical (unpaired) electrons. The first-order valence-corrected chi connectivity index (χ1v) is 10.9. The minimum atomic E-state index is -3.07. The highest BCUT2D eigenvalue weighted by Crippen LogP contribution is 2.48. The Morgan fingerprint density at radius 3 is 2.55 bits per heavy atom. The van der Waals surface area contributed by atoms with Crippen LogP contribution in [0.3, 0.4) is 0 Å². The lowest BCUT2D eigenvalue weighted by Crippen LogP contribution is -2.40. The van der Waals surface area contributed by atoms with E-state index < -0.39 is 10.0 Å². The fraction of sp³-hybridized carbons (Fsp3) is 1.00. The third-order valence-corrected chi connectivity index (χ3v) is 7.52. The average molecular weight is 329 g/mol. The zero-order valence-corrected chi connectivity index (χ0v) is 14.8. The van der Waals surface area contributed by atoms with E-state index in [2.05, 4.69) is 9.62 Å². The van der Waals surface area contributed by atoms with Crippen LogP contribution in [0, 0.1) is 17.3 Å². The molecule has 1 N–H and O–H groups in total. The van der Waals surface area contributed by atoms with E-state index in [0.29, 0.717) is 24.3 Å². The lowest BCUT2D eigenvalue weighted by molar-refractivity contribution is 0.140. The molecule has 128 valence electrons. The SMILES string of the molecule is CCCS(=O)(=O)NCC1CN(CC2CC2)CC12CCCCC2. The Kier molecular flexibility index (Phi) is 5.15. The molecule has 4 nitrogen and oxygen atoms in total. The van der Waals surface area contributed by atoms with Crippen molar-refractivity contribution in [3.8, 4) is 0 Å². The molecule has 22 heavy (non-hydrogen) atoms. The molecule has 1 aliphatic heterocycles. The van der Waals surface area contributed by atoms with E-state index in [-0.39, 0.29) is 5.75 Å². The second kappa shape index (κ2) is 6.78. The number of likely N-dealkylation sites (tertiary alicyclic amines) is 1. The van der Waals surface area contributed by atoms with Crippen LogP contribution in [-0.2, 0) is 10.0 Å². The summed E-state index contributed by atoms with van der Waals surface area (Å²) in [6.07, 6.45) is 10.1. The molecule has 2 saturated carbocycles. The van der Waals surface area contributed by atoms with Crippen molar-refractivity contribution in [3.63, 3.8) is 0 Å². The van der Waals surface area contributed by atoms with Crippen molar-refractivity contribution in [2.24, 2.45) is 17.3 Å². The summed E-state index contributed by atoms with van der Waals surface area (Å²) in [6, 6.07) is 0. The van der Waals surface area contributed by atoms with Crippen molar-refractivity contribution in [2.45, 2.75) is 58.3 Å². The van der Waals surface area contributed by atoms with E-state index in [1.165, 1.54) is 58.0 Å². The van der Waals surface area contributed by atoms with Gasteiger partial charge in [0, 0.05) is 26.2 Å². The minimum absolute atomic E-state index is 0.262. The molecule has 1 saturated heterocycles. The summed E-state index contributed by atoms with van der Waals surface area (Å²) in [6.45, 7) is 6.15. The molecular weight excluding hydrogens is 296 g/mol. The van der Waals surface area contributed by atoms with Gasteiger partial charge in [-0.3, -0.25) is 0 Å².